The molecule has 1 aromatic heterocycles. The number of nitrogens with zero attached hydrogens (tertiary/aromatic N) is 3. The van der Waals surface area contributed by atoms with Crippen molar-refractivity contribution in [3.8, 4) is 0 Å². The Kier molecular flexibility index (Phi) is 3.89. The summed E-state index contributed by atoms with van der Waals surface area (Å²) in [6, 6.07) is 3.34. The minimum Gasteiger partial charge on any atom is -0.442 e. The van der Waals surface area contributed by atoms with E-state index in [1.54, 1.807) is 39.1 Å². The third kappa shape index (κ3) is 2.77. The van der Waals surface area contributed by atoms with E-state index in [9.17, 15) is 14.8 Å². The van der Waals surface area contributed by atoms with Crippen molar-refractivity contribution >= 4 is 17.7 Å². The zero-order chi connectivity index (χ0) is 16.5. The van der Waals surface area contributed by atoms with Gasteiger partial charge >= 0.3 is 6.09 Å². The van der Waals surface area contributed by atoms with Crippen LogP contribution in [0.4, 0.5) is 4.79 Å². The second-order valence-corrected chi connectivity index (χ2v) is 6.01. The molecule has 0 aromatic carbocycles. The monoisotopic (exact) mass is 306 g/mol. The minimum atomic E-state index is -1.70. The van der Waals surface area contributed by atoms with Crippen LogP contribution in [0.25, 0.3) is 0 Å². The SMILES string of the molecule is CC(C)(C)OC(=O)N(O)C1(C)C(=O)NN=C1c1cccnc1. The number of carbonyl (C=O) groups excluding carboxylic acids is 2. The maximum absolute atomic E-state index is 12.1. The third-order valence-electron chi connectivity index (χ3n) is 3.10. The Hall–Kier alpha value is -2.48. The average Bonchev–Trinajstić information content (AvgIpc) is 2.74. The predicted octanol–water partition coefficient (Wildman–Crippen LogP) is 1.30. The van der Waals surface area contributed by atoms with Crippen molar-refractivity contribution in [3.05, 3.63) is 30.1 Å². The first-order chi connectivity index (χ1) is 10.2. The lowest BCUT2D eigenvalue weighted by Gasteiger charge is -2.32. The molecule has 1 aliphatic rings. The van der Waals surface area contributed by atoms with Gasteiger partial charge in [-0.1, -0.05) is 0 Å². The van der Waals surface area contributed by atoms with Gasteiger partial charge in [-0.25, -0.2) is 10.2 Å². The summed E-state index contributed by atoms with van der Waals surface area (Å²) in [5.41, 5.74) is 0.441. The Morgan fingerprint density at radius 1 is 1.45 bits per heavy atom. The van der Waals surface area contributed by atoms with E-state index in [1.165, 1.54) is 13.1 Å². The molecule has 0 saturated heterocycles. The first kappa shape index (κ1) is 15.9. The van der Waals surface area contributed by atoms with Gasteiger partial charge in [0.2, 0.25) is 0 Å². The summed E-state index contributed by atoms with van der Waals surface area (Å²) in [4.78, 5) is 28.2. The highest BCUT2D eigenvalue weighted by Gasteiger charge is 2.52. The summed E-state index contributed by atoms with van der Waals surface area (Å²) in [5.74, 6) is -0.639. The lowest BCUT2D eigenvalue weighted by Crippen LogP contribution is -2.59. The van der Waals surface area contributed by atoms with E-state index in [0.29, 0.717) is 5.56 Å². The third-order valence-corrected chi connectivity index (χ3v) is 3.10. The van der Waals surface area contributed by atoms with Crippen LogP contribution in [0.1, 0.15) is 33.3 Å². The van der Waals surface area contributed by atoms with E-state index in [-0.39, 0.29) is 10.8 Å². The lowest BCUT2D eigenvalue weighted by molar-refractivity contribution is -0.155. The first-order valence-corrected chi connectivity index (χ1v) is 6.67. The molecule has 0 radical (unpaired) electrons. The van der Waals surface area contributed by atoms with E-state index in [4.69, 9.17) is 4.74 Å². The molecule has 22 heavy (non-hydrogen) atoms. The van der Waals surface area contributed by atoms with Crippen molar-refractivity contribution in [1.29, 1.82) is 0 Å². The van der Waals surface area contributed by atoms with Crippen LogP contribution in [0.5, 0.6) is 0 Å². The molecule has 8 heteroatoms. The fraction of sp³-hybridized carbons (Fsp3) is 0.429. The average molecular weight is 306 g/mol. The molecule has 2 rings (SSSR count). The number of amides is 2. The molecule has 0 spiro atoms. The number of hydrogen-bond acceptors (Lipinski definition) is 6. The van der Waals surface area contributed by atoms with Crippen LogP contribution in [0.2, 0.25) is 0 Å². The number of hydroxylamine groups is 2. The van der Waals surface area contributed by atoms with Crippen LogP contribution in [0.15, 0.2) is 29.6 Å². The van der Waals surface area contributed by atoms with Crippen molar-refractivity contribution < 1.29 is 19.5 Å². The van der Waals surface area contributed by atoms with Gasteiger partial charge in [-0.2, -0.15) is 10.2 Å². The molecule has 118 valence electrons. The Labute approximate surface area is 127 Å². The number of aromatic nitrogens is 1. The predicted molar refractivity (Wildman–Crippen MR) is 77.2 cm³/mol. The van der Waals surface area contributed by atoms with Gasteiger partial charge in [0, 0.05) is 18.0 Å². The standard InChI is InChI=1S/C14H18N4O4/c1-13(2,3)22-12(20)18(21)14(4)10(16-17-11(14)19)9-6-5-7-15-8-9/h5-8,21H,1-4H3,(H,17,19). The number of hydrogen-bond donors (Lipinski definition) is 2. The molecule has 2 amide bonds. The molecular weight excluding hydrogens is 288 g/mol. The Bertz CT molecular complexity index is 623. The van der Waals surface area contributed by atoms with Crippen LogP contribution >= 0.6 is 0 Å². The molecule has 1 aliphatic heterocycles. The van der Waals surface area contributed by atoms with E-state index in [0.717, 1.165) is 0 Å². The number of carbonyl (C=O) groups is 2. The number of pyridine rings is 1. The highest BCUT2D eigenvalue weighted by Crippen LogP contribution is 2.26. The molecular formula is C14H18N4O4. The number of rotatable bonds is 2. The van der Waals surface area contributed by atoms with Crippen LogP contribution in [0, 0.1) is 0 Å². The van der Waals surface area contributed by atoms with E-state index >= 15 is 0 Å². The van der Waals surface area contributed by atoms with Gasteiger partial charge in [-0.15, -0.1) is 0 Å². The van der Waals surface area contributed by atoms with Crippen molar-refractivity contribution in [2.45, 2.75) is 38.8 Å². The van der Waals surface area contributed by atoms with Gasteiger partial charge < -0.3 is 4.74 Å². The zero-order valence-electron chi connectivity index (χ0n) is 12.8. The molecule has 0 aliphatic carbocycles. The van der Waals surface area contributed by atoms with E-state index in [1.807, 2.05) is 0 Å². The van der Waals surface area contributed by atoms with E-state index in [2.05, 4.69) is 15.5 Å². The first-order valence-electron chi connectivity index (χ1n) is 6.67. The molecule has 2 N–H and O–H groups in total. The van der Waals surface area contributed by atoms with Crippen LogP contribution < -0.4 is 5.43 Å². The van der Waals surface area contributed by atoms with Gasteiger partial charge in [0.25, 0.3) is 5.91 Å². The van der Waals surface area contributed by atoms with Crippen LogP contribution in [-0.4, -0.2) is 44.1 Å². The Balaban J connectivity index is 2.35. The summed E-state index contributed by atoms with van der Waals surface area (Å²) in [6.07, 6.45) is 2.01. The van der Waals surface area contributed by atoms with Gasteiger partial charge in [0.15, 0.2) is 5.54 Å². The lowest BCUT2D eigenvalue weighted by atomic mass is 9.91. The molecule has 0 bridgehead atoms. The highest BCUT2D eigenvalue weighted by molar-refractivity contribution is 6.24. The largest absolute Gasteiger partial charge is 0.442 e. The second-order valence-electron chi connectivity index (χ2n) is 6.01. The van der Waals surface area contributed by atoms with Gasteiger partial charge in [-0.3, -0.25) is 15.0 Å². The number of ether oxygens (including phenoxy) is 1. The summed E-state index contributed by atoms with van der Waals surface area (Å²) < 4.78 is 5.10. The van der Waals surface area contributed by atoms with Crippen molar-refractivity contribution in [3.63, 3.8) is 0 Å². The summed E-state index contributed by atoms with van der Waals surface area (Å²) >= 11 is 0. The fourth-order valence-corrected chi connectivity index (χ4v) is 1.96. The van der Waals surface area contributed by atoms with Crippen LogP contribution in [0.3, 0.4) is 0 Å². The summed E-state index contributed by atoms with van der Waals surface area (Å²) in [7, 11) is 0. The minimum absolute atomic E-state index is 0.180. The zero-order valence-corrected chi connectivity index (χ0v) is 12.8. The quantitative estimate of drug-likeness (QED) is 0.633. The van der Waals surface area contributed by atoms with Gasteiger partial charge in [-0.05, 0) is 39.8 Å². The maximum atomic E-state index is 12.1. The molecule has 1 atom stereocenters. The van der Waals surface area contributed by atoms with Crippen molar-refractivity contribution in [2.24, 2.45) is 5.10 Å². The van der Waals surface area contributed by atoms with Gasteiger partial charge in [0.05, 0.1) is 0 Å². The normalized spacial score (nSPS) is 21.1. The highest BCUT2D eigenvalue weighted by atomic mass is 16.6. The van der Waals surface area contributed by atoms with Crippen molar-refractivity contribution in [2.75, 3.05) is 0 Å². The number of nitrogens with one attached hydrogen (secondary N) is 1. The second kappa shape index (κ2) is 5.38. The topological polar surface area (TPSA) is 104 Å². The summed E-state index contributed by atoms with van der Waals surface area (Å²) in [5, 5.41) is 14.4. The molecule has 1 aromatic rings. The molecule has 8 nitrogen and oxygen atoms in total. The van der Waals surface area contributed by atoms with Gasteiger partial charge in [0.1, 0.15) is 11.3 Å². The Morgan fingerprint density at radius 3 is 2.68 bits per heavy atom. The smallest absolute Gasteiger partial charge is 0.435 e. The summed E-state index contributed by atoms with van der Waals surface area (Å²) in [6.45, 7) is 6.36. The molecule has 0 saturated carbocycles. The van der Waals surface area contributed by atoms with Crippen molar-refractivity contribution in [1.82, 2.24) is 15.5 Å². The molecule has 2 heterocycles. The molecule has 0 fully saturated rings. The Morgan fingerprint density at radius 2 is 2.14 bits per heavy atom. The molecule has 1 unspecified atom stereocenters. The number of hydrazone groups is 1. The fourth-order valence-electron chi connectivity index (χ4n) is 1.96. The van der Waals surface area contributed by atoms with E-state index < -0.39 is 23.1 Å². The van der Waals surface area contributed by atoms with Crippen LogP contribution in [-0.2, 0) is 9.53 Å². The maximum Gasteiger partial charge on any atom is 0.435 e.